The fourth-order valence-electron chi connectivity index (χ4n) is 2.19. The maximum Gasteiger partial charge on any atom is 0.124 e. The first kappa shape index (κ1) is 14.6. The van der Waals surface area contributed by atoms with E-state index >= 15 is 0 Å². The van der Waals surface area contributed by atoms with Crippen LogP contribution < -0.4 is 0 Å². The van der Waals surface area contributed by atoms with Crippen molar-refractivity contribution in [2.24, 2.45) is 0 Å². The molecular weight excluding hydrogens is 358 g/mol. The van der Waals surface area contributed by atoms with Gasteiger partial charge in [-0.15, -0.1) is 11.3 Å². The normalized spacial score (nSPS) is 12.8. The van der Waals surface area contributed by atoms with Crippen LogP contribution in [0.2, 0.25) is 0 Å². The fourth-order valence-corrected chi connectivity index (χ4v) is 3.77. The van der Waals surface area contributed by atoms with Crippen molar-refractivity contribution in [1.29, 1.82) is 0 Å². The molecule has 0 amide bonds. The Kier molecular flexibility index (Phi) is 4.06. The van der Waals surface area contributed by atoms with Gasteiger partial charge in [0.2, 0.25) is 0 Å². The van der Waals surface area contributed by atoms with Crippen LogP contribution in [-0.2, 0) is 6.42 Å². The van der Waals surface area contributed by atoms with Gasteiger partial charge in [-0.25, -0.2) is 8.78 Å². The second-order valence-electron chi connectivity index (χ2n) is 4.79. The van der Waals surface area contributed by atoms with E-state index in [0.29, 0.717) is 10.9 Å². The summed E-state index contributed by atoms with van der Waals surface area (Å²) in [5, 5.41) is 11.3. The summed E-state index contributed by atoms with van der Waals surface area (Å²) in [5.74, 6) is -0.607. The number of hydrogen-bond donors (Lipinski definition) is 1. The predicted molar refractivity (Wildman–Crippen MR) is 84.5 cm³/mol. The molecule has 1 unspecified atom stereocenters. The fraction of sp³-hybridized carbons (Fsp3) is 0.125. The number of benzene rings is 2. The quantitative estimate of drug-likeness (QED) is 0.671. The van der Waals surface area contributed by atoms with Crippen molar-refractivity contribution < 1.29 is 13.9 Å². The Bertz CT molecular complexity index is 800. The summed E-state index contributed by atoms with van der Waals surface area (Å²) < 4.78 is 27.7. The monoisotopic (exact) mass is 368 g/mol. The molecule has 3 rings (SSSR count). The first-order chi connectivity index (χ1) is 10.0. The molecule has 5 heteroatoms. The van der Waals surface area contributed by atoms with E-state index in [4.69, 9.17) is 0 Å². The van der Waals surface area contributed by atoms with Gasteiger partial charge >= 0.3 is 0 Å². The van der Waals surface area contributed by atoms with Crippen LogP contribution in [0.25, 0.3) is 10.1 Å². The molecule has 1 atom stereocenters. The number of halogens is 3. The van der Waals surface area contributed by atoms with Crippen LogP contribution in [0.4, 0.5) is 8.78 Å². The highest BCUT2D eigenvalue weighted by molar-refractivity contribution is 9.10. The number of rotatable bonds is 3. The molecule has 0 fully saturated rings. The Hall–Kier alpha value is -1.30. The van der Waals surface area contributed by atoms with Crippen molar-refractivity contribution in [3.05, 3.63) is 69.0 Å². The van der Waals surface area contributed by atoms with Gasteiger partial charge in [0.1, 0.15) is 11.6 Å². The molecule has 0 aliphatic heterocycles. The van der Waals surface area contributed by atoms with E-state index in [0.717, 1.165) is 20.5 Å². The van der Waals surface area contributed by atoms with Crippen LogP contribution >= 0.6 is 27.3 Å². The van der Waals surface area contributed by atoms with Crippen LogP contribution in [0.15, 0.2) is 46.9 Å². The van der Waals surface area contributed by atoms with E-state index in [-0.39, 0.29) is 11.6 Å². The molecule has 1 N–H and O–H groups in total. The molecule has 0 aliphatic carbocycles. The van der Waals surface area contributed by atoms with E-state index in [2.05, 4.69) is 15.9 Å². The van der Waals surface area contributed by atoms with Gasteiger partial charge in [0.15, 0.2) is 0 Å². The Morgan fingerprint density at radius 2 is 1.76 bits per heavy atom. The number of aliphatic hydroxyl groups is 1. The van der Waals surface area contributed by atoms with Crippen molar-refractivity contribution >= 4 is 37.4 Å². The highest BCUT2D eigenvalue weighted by Crippen LogP contribution is 2.33. The summed E-state index contributed by atoms with van der Waals surface area (Å²) >= 11 is 4.66. The molecule has 0 aliphatic rings. The highest BCUT2D eigenvalue weighted by atomic mass is 79.9. The van der Waals surface area contributed by atoms with Crippen molar-refractivity contribution in [3.8, 4) is 0 Å². The van der Waals surface area contributed by atoms with Gasteiger partial charge in [0.25, 0.3) is 0 Å². The first-order valence-corrected chi connectivity index (χ1v) is 7.95. The first-order valence-electron chi connectivity index (χ1n) is 6.34. The molecule has 2 aromatic carbocycles. The van der Waals surface area contributed by atoms with Gasteiger partial charge in [0.05, 0.1) is 6.10 Å². The van der Waals surface area contributed by atoms with Crippen LogP contribution in [0.3, 0.4) is 0 Å². The average molecular weight is 369 g/mol. The lowest BCUT2D eigenvalue weighted by Gasteiger charge is -2.10. The summed E-state index contributed by atoms with van der Waals surface area (Å²) in [6.07, 6.45) is -0.330. The molecule has 1 aromatic heterocycles. The summed E-state index contributed by atoms with van der Waals surface area (Å²) in [6.45, 7) is 0. The van der Waals surface area contributed by atoms with Crippen molar-refractivity contribution in [1.82, 2.24) is 0 Å². The Labute approximate surface area is 133 Å². The summed E-state index contributed by atoms with van der Waals surface area (Å²) in [6, 6.07) is 10.8. The number of thiophene rings is 1. The Balaban J connectivity index is 1.87. The molecule has 0 saturated heterocycles. The van der Waals surface area contributed by atoms with Gasteiger partial charge in [-0.3, -0.25) is 0 Å². The zero-order chi connectivity index (χ0) is 15.0. The van der Waals surface area contributed by atoms with Crippen LogP contribution in [0.1, 0.15) is 16.5 Å². The lowest BCUT2D eigenvalue weighted by molar-refractivity contribution is 0.182. The largest absolute Gasteiger partial charge is 0.387 e. The molecular formula is C16H11BrF2OS. The third-order valence-corrected chi connectivity index (χ3v) is 5.20. The van der Waals surface area contributed by atoms with Crippen molar-refractivity contribution in [2.75, 3.05) is 0 Å². The van der Waals surface area contributed by atoms with Gasteiger partial charge in [-0.1, -0.05) is 28.1 Å². The molecule has 21 heavy (non-hydrogen) atoms. The van der Waals surface area contributed by atoms with E-state index < -0.39 is 6.10 Å². The molecule has 0 bridgehead atoms. The minimum Gasteiger partial charge on any atom is -0.387 e. The zero-order valence-corrected chi connectivity index (χ0v) is 13.2. The summed E-state index contributed by atoms with van der Waals surface area (Å²) in [5.41, 5.74) is 0.826. The smallest absolute Gasteiger partial charge is 0.124 e. The number of aliphatic hydroxyl groups excluding tert-OH is 1. The number of fused-ring (bicyclic) bond motifs is 1. The molecule has 0 saturated carbocycles. The van der Waals surface area contributed by atoms with Crippen molar-refractivity contribution in [3.63, 3.8) is 0 Å². The van der Waals surface area contributed by atoms with Crippen LogP contribution in [0, 0.1) is 11.6 Å². The molecule has 3 aromatic rings. The molecule has 0 radical (unpaired) electrons. The lowest BCUT2D eigenvalue weighted by atomic mass is 10.1. The highest BCUT2D eigenvalue weighted by Gasteiger charge is 2.14. The summed E-state index contributed by atoms with van der Waals surface area (Å²) in [4.78, 5) is 0.770. The topological polar surface area (TPSA) is 20.2 Å². The second kappa shape index (κ2) is 5.83. The van der Waals surface area contributed by atoms with Gasteiger partial charge < -0.3 is 5.11 Å². The average Bonchev–Trinajstić information content (AvgIpc) is 2.85. The maximum absolute atomic E-state index is 13.2. The third-order valence-electron chi connectivity index (χ3n) is 3.26. The lowest BCUT2D eigenvalue weighted by Crippen LogP contribution is -2.00. The molecule has 1 heterocycles. The van der Waals surface area contributed by atoms with E-state index in [1.807, 2.05) is 6.07 Å². The minimum atomic E-state index is -0.702. The van der Waals surface area contributed by atoms with Crippen LogP contribution in [0.5, 0.6) is 0 Å². The minimum absolute atomic E-state index is 0.285. The molecule has 108 valence electrons. The molecule has 1 nitrogen and oxygen atoms in total. The van der Waals surface area contributed by atoms with Crippen molar-refractivity contribution in [2.45, 2.75) is 12.5 Å². The third kappa shape index (κ3) is 3.15. The maximum atomic E-state index is 13.2. The Morgan fingerprint density at radius 1 is 1.05 bits per heavy atom. The molecule has 0 spiro atoms. The second-order valence-corrected chi connectivity index (χ2v) is 6.76. The van der Waals surface area contributed by atoms with Gasteiger partial charge in [-0.2, -0.15) is 0 Å². The van der Waals surface area contributed by atoms with E-state index in [9.17, 15) is 13.9 Å². The summed E-state index contributed by atoms with van der Waals surface area (Å²) in [7, 11) is 0. The van der Waals surface area contributed by atoms with Crippen LogP contribution in [-0.4, -0.2) is 5.11 Å². The van der Waals surface area contributed by atoms with Gasteiger partial charge in [-0.05, 0) is 41.3 Å². The number of hydrogen-bond acceptors (Lipinski definition) is 2. The SMILES string of the molecule is OC(Cc1ccc(F)cc1Br)c1cc2ccc(F)cc2s1. The predicted octanol–water partition coefficient (Wildman–Crippen LogP) is 5.22. The standard InChI is InChI=1S/C16H11BrF2OS/c17-13-7-11(18)3-1-9(13)5-14(20)16-6-10-2-4-12(19)8-15(10)21-16/h1-4,6-8,14,20H,5H2. The zero-order valence-electron chi connectivity index (χ0n) is 10.8. The van der Waals surface area contributed by atoms with E-state index in [1.165, 1.54) is 35.6 Å². The van der Waals surface area contributed by atoms with E-state index in [1.54, 1.807) is 12.1 Å². The van der Waals surface area contributed by atoms with Gasteiger partial charge in [0, 0.05) is 20.5 Å². The Morgan fingerprint density at radius 3 is 2.52 bits per heavy atom.